The molecule has 0 radical (unpaired) electrons. The van der Waals surface area contributed by atoms with Crippen molar-refractivity contribution in [1.82, 2.24) is 0 Å². The number of carbonyl (C=O) groups is 2. The zero-order chi connectivity index (χ0) is 14.8. The van der Waals surface area contributed by atoms with Crippen molar-refractivity contribution in [3.05, 3.63) is 29.8 Å². The Morgan fingerprint density at radius 2 is 1.81 bits per heavy atom. The standard InChI is InChI=1S/C17H21NO3/c19-15(20)10-9-11-5-1-4-8-14(11)18-17(21)16-12-6-2-3-7-13(12)16/h1,4-5,8,12-13,16H,2-3,6-7,9-10H2,(H,18,21)(H,19,20). The maximum absolute atomic E-state index is 12.4. The first-order valence-electron chi connectivity index (χ1n) is 7.77. The fraction of sp³-hybridized carbons (Fsp3) is 0.529. The number of nitrogens with one attached hydrogen (secondary N) is 1. The molecule has 2 unspecified atom stereocenters. The second-order valence-electron chi connectivity index (χ2n) is 6.18. The highest BCUT2D eigenvalue weighted by Crippen LogP contribution is 2.55. The van der Waals surface area contributed by atoms with E-state index in [4.69, 9.17) is 5.11 Å². The van der Waals surface area contributed by atoms with Gasteiger partial charge in [-0.2, -0.15) is 0 Å². The molecule has 0 heterocycles. The van der Waals surface area contributed by atoms with Gasteiger partial charge in [-0.25, -0.2) is 0 Å². The van der Waals surface area contributed by atoms with Crippen molar-refractivity contribution in [3.8, 4) is 0 Å². The maximum Gasteiger partial charge on any atom is 0.303 e. The van der Waals surface area contributed by atoms with Crippen molar-refractivity contribution < 1.29 is 14.7 Å². The minimum absolute atomic E-state index is 0.0849. The van der Waals surface area contributed by atoms with Gasteiger partial charge in [0.1, 0.15) is 0 Å². The van der Waals surface area contributed by atoms with Crippen LogP contribution in [0.3, 0.4) is 0 Å². The van der Waals surface area contributed by atoms with Crippen LogP contribution in [0.1, 0.15) is 37.7 Å². The fourth-order valence-electron chi connectivity index (χ4n) is 3.70. The van der Waals surface area contributed by atoms with Crippen molar-refractivity contribution in [2.24, 2.45) is 17.8 Å². The van der Waals surface area contributed by atoms with Gasteiger partial charge in [-0.3, -0.25) is 9.59 Å². The van der Waals surface area contributed by atoms with Gasteiger partial charge in [0.2, 0.25) is 5.91 Å². The van der Waals surface area contributed by atoms with Crippen molar-refractivity contribution in [1.29, 1.82) is 0 Å². The van der Waals surface area contributed by atoms with E-state index in [9.17, 15) is 9.59 Å². The molecule has 0 spiro atoms. The Balaban J connectivity index is 1.64. The SMILES string of the molecule is O=C(O)CCc1ccccc1NC(=O)C1C2CCCCC21. The van der Waals surface area contributed by atoms with E-state index in [0.29, 0.717) is 18.3 Å². The van der Waals surface area contributed by atoms with E-state index >= 15 is 0 Å². The summed E-state index contributed by atoms with van der Waals surface area (Å²) in [6.07, 6.45) is 5.40. The van der Waals surface area contributed by atoms with Gasteiger partial charge in [0.15, 0.2) is 0 Å². The van der Waals surface area contributed by atoms with E-state index in [1.165, 1.54) is 25.7 Å². The number of anilines is 1. The molecule has 0 saturated heterocycles. The Kier molecular flexibility index (Phi) is 3.95. The highest BCUT2D eigenvalue weighted by atomic mass is 16.4. The lowest BCUT2D eigenvalue weighted by Gasteiger charge is -2.10. The summed E-state index contributed by atoms with van der Waals surface area (Å²) >= 11 is 0. The lowest BCUT2D eigenvalue weighted by Crippen LogP contribution is -2.16. The van der Waals surface area contributed by atoms with Crippen LogP contribution >= 0.6 is 0 Å². The van der Waals surface area contributed by atoms with Crippen LogP contribution < -0.4 is 5.32 Å². The molecule has 3 rings (SSSR count). The highest BCUT2D eigenvalue weighted by Gasteiger charge is 2.54. The predicted molar refractivity (Wildman–Crippen MR) is 80.0 cm³/mol. The molecule has 1 amide bonds. The molecule has 112 valence electrons. The maximum atomic E-state index is 12.4. The molecule has 2 saturated carbocycles. The molecule has 21 heavy (non-hydrogen) atoms. The largest absolute Gasteiger partial charge is 0.481 e. The van der Waals surface area contributed by atoms with Gasteiger partial charge in [0, 0.05) is 18.0 Å². The first kappa shape index (κ1) is 14.1. The third-order valence-corrected chi connectivity index (χ3v) is 4.84. The molecular weight excluding hydrogens is 266 g/mol. The molecule has 4 nitrogen and oxygen atoms in total. The molecule has 2 aliphatic carbocycles. The van der Waals surface area contributed by atoms with Crippen LogP contribution in [0.25, 0.3) is 0 Å². The van der Waals surface area contributed by atoms with Gasteiger partial charge in [-0.1, -0.05) is 31.0 Å². The Bertz CT molecular complexity index is 543. The van der Waals surface area contributed by atoms with Crippen molar-refractivity contribution in [3.63, 3.8) is 0 Å². The number of carboxylic acid groups (broad SMARTS) is 1. The molecule has 0 aromatic heterocycles. The van der Waals surface area contributed by atoms with Crippen molar-refractivity contribution >= 4 is 17.6 Å². The topological polar surface area (TPSA) is 66.4 Å². The summed E-state index contributed by atoms with van der Waals surface area (Å²) in [5.41, 5.74) is 1.67. The Morgan fingerprint density at radius 1 is 1.14 bits per heavy atom. The number of aryl methyl sites for hydroxylation is 1. The number of carboxylic acids is 1. The second-order valence-corrected chi connectivity index (χ2v) is 6.18. The number of carbonyl (C=O) groups excluding carboxylic acids is 1. The quantitative estimate of drug-likeness (QED) is 0.874. The normalized spacial score (nSPS) is 26.8. The Morgan fingerprint density at radius 3 is 2.48 bits per heavy atom. The number of benzene rings is 1. The molecule has 1 aromatic carbocycles. The number of amides is 1. The third kappa shape index (κ3) is 3.09. The zero-order valence-electron chi connectivity index (χ0n) is 12.0. The summed E-state index contributed by atoms with van der Waals surface area (Å²) in [4.78, 5) is 23.1. The number of hydrogen-bond donors (Lipinski definition) is 2. The Labute approximate surface area is 124 Å². The molecule has 2 N–H and O–H groups in total. The first-order valence-corrected chi connectivity index (χ1v) is 7.77. The van der Waals surface area contributed by atoms with Gasteiger partial charge in [0.25, 0.3) is 0 Å². The van der Waals surface area contributed by atoms with Crippen molar-refractivity contribution in [2.45, 2.75) is 38.5 Å². The van der Waals surface area contributed by atoms with E-state index in [-0.39, 0.29) is 18.2 Å². The average Bonchev–Trinajstić information content (AvgIpc) is 3.20. The summed E-state index contributed by atoms with van der Waals surface area (Å²) in [6, 6.07) is 7.50. The molecule has 2 atom stereocenters. The molecule has 2 aliphatic rings. The number of rotatable bonds is 5. The lowest BCUT2D eigenvalue weighted by atomic mass is 10.0. The summed E-state index contributed by atoms with van der Waals surface area (Å²) in [5.74, 6) is 0.661. The van der Waals surface area contributed by atoms with Crippen LogP contribution in [-0.4, -0.2) is 17.0 Å². The van der Waals surface area contributed by atoms with Crippen LogP contribution in [-0.2, 0) is 16.0 Å². The van der Waals surface area contributed by atoms with E-state index in [1.807, 2.05) is 24.3 Å². The number of para-hydroxylation sites is 1. The lowest BCUT2D eigenvalue weighted by molar-refractivity contribution is -0.137. The molecule has 1 aromatic rings. The number of aliphatic carboxylic acids is 1. The number of hydrogen-bond acceptors (Lipinski definition) is 2. The Hall–Kier alpha value is -1.84. The third-order valence-electron chi connectivity index (χ3n) is 4.84. The summed E-state index contributed by atoms with van der Waals surface area (Å²) in [5, 5.41) is 11.8. The van der Waals surface area contributed by atoms with E-state index < -0.39 is 5.97 Å². The van der Waals surface area contributed by atoms with Gasteiger partial charge in [-0.15, -0.1) is 0 Å². The minimum Gasteiger partial charge on any atom is -0.481 e. The first-order chi connectivity index (χ1) is 10.2. The van der Waals surface area contributed by atoms with Crippen LogP contribution in [0.15, 0.2) is 24.3 Å². The minimum atomic E-state index is -0.815. The van der Waals surface area contributed by atoms with Crippen molar-refractivity contribution in [2.75, 3.05) is 5.32 Å². The van der Waals surface area contributed by atoms with E-state index in [0.717, 1.165) is 11.3 Å². The number of fused-ring (bicyclic) bond motifs is 1. The molecule has 4 heteroatoms. The van der Waals surface area contributed by atoms with Crippen LogP contribution in [0, 0.1) is 17.8 Å². The molecule has 0 bridgehead atoms. The second kappa shape index (κ2) is 5.88. The summed E-state index contributed by atoms with van der Waals surface area (Å²) in [6.45, 7) is 0. The monoisotopic (exact) mass is 287 g/mol. The fourth-order valence-corrected chi connectivity index (χ4v) is 3.70. The van der Waals surface area contributed by atoms with Crippen LogP contribution in [0.2, 0.25) is 0 Å². The highest BCUT2D eigenvalue weighted by molar-refractivity contribution is 5.95. The zero-order valence-corrected chi connectivity index (χ0v) is 12.0. The summed E-state index contributed by atoms with van der Waals surface area (Å²) < 4.78 is 0. The molecular formula is C17H21NO3. The van der Waals surface area contributed by atoms with Gasteiger partial charge < -0.3 is 10.4 Å². The smallest absolute Gasteiger partial charge is 0.303 e. The predicted octanol–water partition coefficient (Wildman–Crippen LogP) is 3.08. The summed E-state index contributed by atoms with van der Waals surface area (Å²) in [7, 11) is 0. The molecule has 2 fully saturated rings. The van der Waals surface area contributed by atoms with Crippen LogP contribution in [0.4, 0.5) is 5.69 Å². The van der Waals surface area contributed by atoms with E-state index in [2.05, 4.69) is 5.32 Å². The van der Waals surface area contributed by atoms with Gasteiger partial charge in [0.05, 0.1) is 0 Å². The van der Waals surface area contributed by atoms with E-state index in [1.54, 1.807) is 0 Å². The van der Waals surface area contributed by atoms with Gasteiger partial charge in [-0.05, 0) is 42.7 Å². The van der Waals surface area contributed by atoms with Gasteiger partial charge >= 0.3 is 5.97 Å². The average molecular weight is 287 g/mol. The molecule has 0 aliphatic heterocycles. The van der Waals surface area contributed by atoms with Crippen LogP contribution in [0.5, 0.6) is 0 Å².